The first kappa shape index (κ1) is 12.9. The maximum atomic E-state index is 5.44. The maximum absolute atomic E-state index is 5.44. The van der Waals surface area contributed by atoms with E-state index in [1.807, 2.05) is 6.92 Å². The van der Waals surface area contributed by atoms with E-state index in [1.165, 1.54) is 0 Å². The molecule has 0 aliphatic heterocycles. The lowest BCUT2D eigenvalue weighted by Gasteiger charge is -2.29. The average molecular weight is 223 g/mol. The lowest BCUT2D eigenvalue weighted by Crippen LogP contribution is -2.35. The smallest absolute Gasteiger partial charge is 0.222 e. The summed E-state index contributed by atoms with van der Waals surface area (Å²) in [4.78, 5) is 8.38. The molecule has 0 aliphatic rings. The Labute approximate surface area is 97.5 Å². The number of anilines is 1. The molecule has 1 rings (SSSR count). The zero-order valence-electron chi connectivity index (χ0n) is 10.7. The molecule has 0 bridgehead atoms. The largest absolute Gasteiger partial charge is 0.379 e. The summed E-state index contributed by atoms with van der Waals surface area (Å²) >= 11 is 0. The van der Waals surface area contributed by atoms with Crippen LogP contribution in [-0.4, -0.2) is 29.7 Å². The summed E-state index contributed by atoms with van der Waals surface area (Å²) in [6.07, 6.45) is 3.74. The van der Waals surface area contributed by atoms with Crippen LogP contribution in [0.5, 0.6) is 0 Å². The number of nitrogens with one attached hydrogen (secondary N) is 1. The molecule has 1 N–H and O–H groups in total. The molecule has 1 aromatic heterocycles. The lowest BCUT2D eigenvalue weighted by atomic mass is 9.89. The van der Waals surface area contributed by atoms with E-state index in [4.69, 9.17) is 4.74 Å². The Morgan fingerprint density at radius 3 is 2.31 bits per heavy atom. The molecule has 1 heterocycles. The van der Waals surface area contributed by atoms with Gasteiger partial charge in [-0.2, -0.15) is 0 Å². The summed E-state index contributed by atoms with van der Waals surface area (Å²) in [5, 5.41) is 3.18. The molecule has 4 heteroatoms. The minimum absolute atomic E-state index is 0.104. The number of hydrogen-bond acceptors (Lipinski definition) is 4. The van der Waals surface area contributed by atoms with Crippen molar-refractivity contribution < 1.29 is 4.74 Å². The van der Waals surface area contributed by atoms with E-state index in [-0.39, 0.29) is 11.5 Å². The molecule has 0 fully saturated rings. The van der Waals surface area contributed by atoms with Gasteiger partial charge >= 0.3 is 0 Å². The zero-order chi connectivity index (χ0) is 12.2. The SMILES string of the molecule is COC(CNc1ncc(C)cn1)C(C)(C)C. The van der Waals surface area contributed by atoms with Crippen LogP contribution in [0.2, 0.25) is 0 Å². The Kier molecular flexibility index (Phi) is 4.24. The third-order valence-corrected chi connectivity index (χ3v) is 2.48. The van der Waals surface area contributed by atoms with Crippen LogP contribution in [0.1, 0.15) is 26.3 Å². The molecule has 0 saturated heterocycles. The molecule has 90 valence electrons. The highest BCUT2D eigenvalue weighted by molar-refractivity contribution is 5.24. The molecule has 0 amide bonds. The van der Waals surface area contributed by atoms with E-state index in [0.29, 0.717) is 12.5 Å². The van der Waals surface area contributed by atoms with Crippen molar-refractivity contribution >= 4 is 5.95 Å². The topological polar surface area (TPSA) is 47.0 Å². The molecule has 0 radical (unpaired) electrons. The van der Waals surface area contributed by atoms with Crippen molar-refractivity contribution in [2.75, 3.05) is 19.0 Å². The Hall–Kier alpha value is -1.16. The second-order valence-corrected chi connectivity index (χ2v) is 5.06. The second-order valence-electron chi connectivity index (χ2n) is 5.06. The van der Waals surface area contributed by atoms with E-state index in [2.05, 4.69) is 36.1 Å². The van der Waals surface area contributed by atoms with Crippen molar-refractivity contribution in [2.45, 2.75) is 33.8 Å². The quantitative estimate of drug-likeness (QED) is 0.850. The molecular weight excluding hydrogens is 202 g/mol. The highest BCUT2D eigenvalue weighted by atomic mass is 16.5. The van der Waals surface area contributed by atoms with Gasteiger partial charge < -0.3 is 10.1 Å². The molecule has 0 saturated carbocycles. The summed E-state index contributed by atoms with van der Waals surface area (Å²) < 4.78 is 5.44. The molecule has 0 spiro atoms. The Bertz CT molecular complexity index is 316. The van der Waals surface area contributed by atoms with Crippen molar-refractivity contribution in [3.63, 3.8) is 0 Å². The lowest BCUT2D eigenvalue weighted by molar-refractivity contribution is 0.0268. The first-order valence-electron chi connectivity index (χ1n) is 5.49. The van der Waals surface area contributed by atoms with Gasteiger partial charge in [-0.25, -0.2) is 9.97 Å². The Morgan fingerprint density at radius 2 is 1.88 bits per heavy atom. The molecule has 1 unspecified atom stereocenters. The second kappa shape index (κ2) is 5.25. The first-order chi connectivity index (χ1) is 7.43. The molecule has 0 aliphatic carbocycles. The van der Waals surface area contributed by atoms with E-state index < -0.39 is 0 Å². The summed E-state index contributed by atoms with van der Waals surface area (Å²) in [6, 6.07) is 0. The van der Waals surface area contributed by atoms with Crippen molar-refractivity contribution in [3.8, 4) is 0 Å². The van der Waals surface area contributed by atoms with E-state index in [1.54, 1.807) is 19.5 Å². The molecule has 4 nitrogen and oxygen atoms in total. The van der Waals surface area contributed by atoms with Crippen LogP contribution >= 0.6 is 0 Å². The number of methoxy groups -OCH3 is 1. The van der Waals surface area contributed by atoms with Crippen LogP contribution < -0.4 is 5.32 Å². The number of ether oxygens (including phenoxy) is 1. The molecule has 1 aromatic rings. The normalized spacial score (nSPS) is 13.6. The van der Waals surface area contributed by atoms with Gasteiger partial charge in [-0.3, -0.25) is 0 Å². The molecule has 0 aromatic carbocycles. The standard InChI is InChI=1S/C12H21N3O/c1-9-6-13-11(14-7-9)15-8-10(16-5)12(2,3)4/h6-7,10H,8H2,1-5H3,(H,13,14,15). The number of rotatable bonds is 4. The van der Waals surface area contributed by atoms with Gasteiger partial charge in [0.05, 0.1) is 6.10 Å². The van der Waals surface area contributed by atoms with Crippen molar-refractivity contribution in [1.82, 2.24) is 9.97 Å². The number of hydrogen-bond donors (Lipinski definition) is 1. The molecule has 1 atom stereocenters. The van der Waals surface area contributed by atoms with Gasteiger partial charge in [0.15, 0.2) is 0 Å². The third-order valence-electron chi connectivity index (χ3n) is 2.48. The van der Waals surface area contributed by atoms with Crippen LogP contribution in [0, 0.1) is 12.3 Å². The maximum Gasteiger partial charge on any atom is 0.222 e. The number of aromatic nitrogens is 2. The van der Waals surface area contributed by atoms with Gasteiger partial charge in [0.1, 0.15) is 0 Å². The van der Waals surface area contributed by atoms with Crippen LogP contribution in [0.3, 0.4) is 0 Å². The number of aryl methyl sites for hydroxylation is 1. The third kappa shape index (κ3) is 3.77. The average Bonchev–Trinajstić information content (AvgIpc) is 2.19. The Balaban J connectivity index is 2.53. The fourth-order valence-electron chi connectivity index (χ4n) is 1.41. The monoisotopic (exact) mass is 223 g/mol. The van der Waals surface area contributed by atoms with Gasteiger partial charge in [-0.1, -0.05) is 20.8 Å². The van der Waals surface area contributed by atoms with Crippen LogP contribution in [0.25, 0.3) is 0 Å². The van der Waals surface area contributed by atoms with E-state index in [0.717, 1.165) is 5.56 Å². The predicted molar refractivity (Wildman–Crippen MR) is 65.5 cm³/mol. The summed E-state index contributed by atoms with van der Waals surface area (Å²) in [6.45, 7) is 9.14. The van der Waals surface area contributed by atoms with Crippen molar-refractivity contribution in [1.29, 1.82) is 0 Å². The summed E-state index contributed by atoms with van der Waals surface area (Å²) in [5.74, 6) is 0.650. The van der Waals surface area contributed by atoms with Crippen LogP contribution in [-0.2, 0) is 4.74 Å². The molecular formula is C12H21N3O. The fraction of sp³-hybridized carbons (Fsp3) is 0.667. The van der Waals surface area contributed by atoms with Gasteiger partial charge in [0.2, 0.25) is 5.95 Å². The fourth-order valence-corrected chi connectivity index (χ4v) is 1.41. The minimum Gasteiger partial charge on any atom is -0.379 e. The van der Waals surface area contributed by atoms with E-state index in [9.17, 15) is 0 Å². The Morgan fingerprint density at radius 1 is 1.31 bits per heavy atom. The van der Waals surface area contributed by atoms with Gasteiger partial charge in [-0.15, -0.1) is 0 Å². The predicted octanol–water partition coefficient (Wildman–Crippen LogP) is 2.26. The summed E-state index contributed by atoms with van der Waals surface area (Å²) in [5.41, 5.74) is 1.16. The first-order valence-corrected chi connectivity index (χ1v) is 5.49. The summed E-state index contributed by atoms with van der Waals surface area (Å²) in [7, 11) is 1.73. The zero-order valence-corrected chi connectivity index (χ0v) is 10.7. The van der Waals surface area contributed by atoms with E-state index >= 15 is 0 Å². The van der Waals surface area contributed by atoms with Gasteiger partial charge in [0, 0.05) is 26.0 Å². The van der Waals surface area contributed by atoms with Gasteiger partial charge in [-0.05, 0) is 17.9 Å². The highest BCUT2D eigenvalue weighted by Gasteiger charge is 2.24. The highest BCUT2D eigenvalue weighted by Crippen LogP contribution is 2.21. The number of nitrogens with zero attached hydrogens (tertiary/aromatic N) is 2. The van der Waals surface area contributed by atoms with Crippen LogP contribution in [0.15, 0.2) is 12.4 Å². The van der Waals surface area contributed by atoms with Crippen molar-refractivity contribution in [3.05, 3.63) is 18.0 Å². The van der Waals surface area contributed by atoms with Crippen LogP contribution in [0.4, 0.5) is 5.95 Å². The molecule has 16 heavy (non-hydrogen) atoms. The minimum atomic E-state index is 0.104. The van der Waals surface area contributed by atoms with Crippen molar-refractivity contribution in [2.24, 2.45) is 5.41 Å². The van der Waals surface area contributed by atoms with Gasteiger partial charge in [0.25, 0.3) is 0 Å².